The van der Waals surface area contributed by atoms with E-state index in [-0.39, 0.29) is 11.7 Å². The molecule has 1 saturated heterocycles. The van der Waals surface area contributed by atoms with E-state index in [1.807, 2.05) is 0 Å². The second-order valence-electron chi connectivity index (χ2n) is 4.67. The van der Waals surface area contributed by atoms with Gasteiger partial charge in [-0.3, -0.25) is 4.90 Å². The summed E-state index contributed by atoms with van der Waals surface area (Å²) in [6.45, 7) is 2.81. The van der Waals surface area contributed by atoms with Gasteiger partial charge in [-0.15, -0.1) is 0 Å². The highest BCUT2D eigenvalue weighted by atomic mass is 19.1. The molecule has 1 aromatic rings. The van der Waals surface area contributed by atoms with Gasteiger partial charge < -0.3 is 10.9 Å². The number of amidine groups is 1. The fourth-order valence-corrected chi connectivity index (χ4v) is 2.32. The maximum absolute atomic E-state index is 13.5. The molecule has 0 bridgehead atoms. The first kappa shape index (κ1) is 12.8. The van der Waals surface area contributed by atoms with E-state index in [0.717, 1.165) is 18.7 Å². The largest absolute Gasteiger partial charge is 0.409 e. The zero-order valence-electron chi connectivity index (χ0n) is 10.3. The van der Waals surface area contributed by atoms with Gasteiger partial charge in [0.1, 0.15) is 5.82 Å². The number of rotatable bonds is 3. The third-order valence-electron chi connectivity index (χ3n) is 3.22. The lowest BCUT2D eigenvalue weighted by Crippen LogP contribution is -2.29. The van der Waals surface area contributed by atoms with Gasteiger partial charge in [0.25, 0.3) is 0 Å². The highest BCUT2D eigenvalue weighted by Gasteiger charge is 2.12. The summed E-state index contributed by atoms with van der Waals surface area (Å²) in [4.78, 5) is 2.30. The second-order valence-corrected chi connectivity index (χ2v) is 4.67. The van der Waals surface area contributed by atoms with Gasteiger partial charge in [-0.05, 0) is 49.7 Å². The molecule has 4 nitrogen and oxygen atoms in total. The van der Waals surface area contributed by atoms with Gasteiger partial charge in [0.05, 0.1) is 0 Å². The van der Waals surface area contributed by atoms with Crippen LogP contribution in [0.3, 0.4) is 0 Å². The lowest BCUT2D eigenvalue weighted by molar-refractivity contribution is 0.220. The van der Waals surface area contributed by atoms with Crippen LogP contribution in [0.15, 0.2) is 23.4 Å². The SMILES string of the molecule is N/C(=N/O)c1cc(F)cc(CN2CCCCC2)c1. The van der Waals surface area contributed by atoms with Crippen LogP contribution < -0.4 is 5.73 Å². The Labute approximate surface area is 106 Å². The summed E-state index contributed by atoms with van der Waals surface area (Å²) in [5, 5.41) is 11.5. The van der Waals surface area contributed by atoms with E-state index < -0.39 is 0 Å². The number of nitrogens with two attached hydrogens (primary N) is 1. The molecule has 1 fully saturated rings. The predicted octanol–water partition coefficient (Wildman–Crippen LogP) is 1.91. The molecular weight excluding hydrogens is 233 g/mol. The van der Waals surface area contributed by atoms with Gasteiger partial charge in [0.15, 0.2) is 5.84 Å². The standard InChI is InChI=1S/C13H18FN3O/c14-12-7-10(6-11(8-12)13(15)16-18)9-17-4-2-1-3-5-17/h6-8,18H,1-5,9H2,(H2,15,16). The van der Waals surface area contributed by atoms with Gasteiger partial charge in [0.2, 0.25) is 0 Å². The molecule has 1 aromatic carbocycles. The van der Waals surface area contributed by atoms with E-state index in [0.29, 0.717) is 12.1 Å². The first-order chi connectivity index (χ1) is 8.69. The monoisotopic (exact) mass is 251 g/mol. The molecule has 0 radical (unpaired) electrons. The number of halogens is 1. The summed E-state index contributed by atoms with van der Waals surface area (Å²) >= 11 is 0. The zero-order valence-corrected chi connectivity index (χ0v) is 10.3. The molecule has 1 aliphatic rings. The lowest BCUT2D eigenvalue weighted by Gasteiger charge is -2.26. The van der Waals surface area contributed by atoms with Crippen LogP contribution >= 0.6 is 0 Å². The molecule has 0 amide bonds. The number of nitrogens with zero attached hydrogens (tertiary/aromatic N) is 2. The summed E-state index contributed by atoms with van der Waals surface area (Å²) in [5.41, 5.74) is 6.77. The topological polar surface area (TPSA) is 61.9 Å². The van der Waals surface area contributed by atoms with Crippen molar-refractivity contribution >= 4 is 5.84 Å². The molecule has 1 aliphatic heterocycles. The van der Waals surface area contributed by atoms with Crippen molar-refractivity contribution in [1.82, 2.24) is 4.90 Å². The van der Waals surface area contributed by atoms with Crippen LogP contribution in [0.25, 0.3) is 0 Å². The quantitative estimate of drug-likeness (QED) is 0.373. The van der Waals surface area contributed by atoms with Gasteiger partial charge in [-0.1, -0.05) is 11.6 Å². The van der Waals surface area contributed by atoms with E-state index >= 15 is 0 Å². The maximum Gasteiger partial charge on any atom is 0.170 e. The van der Waals surface area contributed by atoms with Crippen molar-refractivity contribution in [1.29, 1.82) is 0 Å². The summed E-state index contributed by atoms with van der Waals surface area (Å²) in [6, 6.07) is 4.55. The molecule has 98 valence electrons. The van der Waals surface area contributed by atoms with Crippen molar-refractivity contribution < 1.29 is 9.60 Å². The Bertz CT molecular complexity index is 442. The Morgan fingerprint density at radius 1 is 1.28 bits per heavy atom. The fourth-order valence-electron chi connectivity index (χ4n) is 2.32. The number of benzene rings is 1. The van der Waals surface area contributed by atoms with Crippen LogP contribution in [0.5, 0.6) is 0 Å². The van der Waals surface area contributed by atoms with Crippen molar-refractivity contribution in [3.05, 3.63) is 35.1 Å². The van der Waals surface area contributed by atoms with Crippen LogP contribution in [0.2, 0.25) is 0 Å². The minimum Gasteiger partial charge on any atom is -0.409 e. The van der Waals surface area contributed by atoms with Crippen molar-refractivity contribution in [3.8, 4) is 0 Å². The minimum absolute atomic E-state index is 0.0607. The molecular formula is C13H18FN3O. The highest BCUT2D eigenvalue weighted by Crippen LogP contribution is 2.15. The Kier molecular flexibility index (Phi) is 4.15. The van der Waals surface area contributed by atoms with Gasteiger partial charge >= 0.3 is 0 Å². The van der Waals surface area contributed by atoms with Crippen LogP contribution in [0.1, 0.15) is 30.4 Å². The molecule has 0 atom stereocenters. The second kappa shape index (κ2) is 5.82. The Balaban J connectivity index is 2.14. The highest BCUT2D eigenvalue weighted by molar-refractivity contribution is 5.97. The third-order valence-corrected chi connectivity index (χ3v) is 3.22. The minimum atomic E-state index is -0.355. The molecule has 0 aromatic heterocycles. The predicted molar refractivity (Wildman–Crippen MR) is 68.0 cm³/mol. The molecule has 0 saturated carbocycles. The number of piperidine rings is 1. The van der Waals surface area contributed by atoms with Crippen molar-refractivity contribution in [2.24, 2.45) is 10.9 Å². The molecule has 1 heterocycles. The van der Waals surface area contributed by atoms with E-state index in [1.54, 1.807) is 6.07 Å². The van der Waals surface area contributed by atoms with Crippen LogP contribution in [-0.4, -0.2) is 29.0 Å². The molecule has 5 heteroatoms. The van der Waals surface area contributed by atoms with Crippen molar-refractivity contribution in [3.63, 3.8) is 0 Å². The third kappa shape index (κ3) is 3.20. The average molecular weight is 251 g/mol. The summed E-state index contributed by atoms with van der Waals surface area (Å²) in [7, 11) is 0. The van der Waals surface area contributed by atoms with Crippen LogP contribution in [-0.2, 0) is 6.54 Å². The smallest absolute Gasteiger partial charge is 0.170 e. The first-order valence-corrected chi connectivity index (χ1v) is 6.19. The molecule has 0 unspecified atom stereocenters. The van der Waals surface area contributed by atoms with Crippen LogP contribution in [0, 0.1) is 5.82 Å². The fraction of sp³-hybridized carbons (Fsp3) is 0.462. The number of likely N-dealkylation sites (tertiary alicyclic amines) is 1. The molecule has 0 aliphatic carbocycles. The van der Waals surface area contributed by atoms with E-state index in [1.165, 1.54) is 31.4 Å². The Morgan fingerprint density at radius 3 is 2.67 bits per heavy atom. The lowest BCUT2D eigenvalue weighted by atomic mass is 10.1. The maximum atomic E-state index is 13.5. The normalized spacial score (nSPS) is 17.9. The van der Waals surface area contributed by atoms with Gasteiger partial charge in [-0.25, -0.2) is 4.39 Å². The van der Waals surface area contributed by atoms with Crippen molar-refractivity contribution in [2.45, 2.75) is 25.8 Å². The molecule has 3 N–H and O–H groups in total. The first-order valence-electron chi connectivity index (χ1n) is 6.19. The zero-order chi connectivity index (χ0) is 13.0. The van der Waals surface area contributed by atoms with E-state index in [4.69, 9.17) is 10.9 Å². The van der Waals surface area contributed by atoms with E-state index in [2.05, 4.69) is 10.1 Å². The van der Waals surface area contributed by atoms with Crippen molar-refractivity contribution in [2.75, 3.05) is 13.1 Å². The van der Waals surface area contributed by atoms with Gasteiger partial charge in [0, 0.05) is 12.1 Å². The summed E-state index contributed by atoms with van der Waals surface area (Å²) in [6.07, 6.45) is 3.67. The number of hydrogen-bond acceptors (Lipinski definition) is 3. The summed E-state index contributed by atoms with van der Waals surface area (Å²) < 4.78 is 13.5. The van der Waals surface area contributed by atoms with Gasteiger partial charge in [-0.2, -0.15) is 0 Å². The average Bonchev–Trinajstić information content (AvgIpc) is 2.38. The van der Waals surface area contributed by atoms with Crippen LogP contribution in [0.4, 0.5) is 4.39 Å². The molecule has 18 heavy (non-hydrogen) atoms. The molecule has 2 rings (SSSR count). The molecule has 0 spiro atoms. The Morgan fingerprint density at radius 2 is 2.00 bits per heavy atom. The van der Waals surface area contributed by atoms with E-state index in [9.17, 15) is 4.39 Å². The number of oxime groups is 1. The summed E-state index contributed by atoms with van der Waals surface area (Å²) in [5.74, 6) is -0.416. The Hall–Kier alpha value is -1.62. The number of hydrogen-bond donors (Lipinski definition) is 2.